The average molecular weight is 296 g/mol. The molecule has 0 aliphatic rings. The van der Waals surface area contributed by atoms with E-state index in [9.17, 15) is 0 Å². The van der Waals surface area contributed by atoms with Crippen molar-refractivity contribution in [1.82, 2.24) is 20.1 Å². The first-order chi connectivity index (χ1) is 10.6. The van der Waals surface area contributed by atoms with Crippen molar-refractivity contribution in [2.24, 2.45) is 7.05 Å². The molecule has 0 fully saturated rings. The number of fused-ring (bicyclic) bond motifs is 1. The first-order valence-corrected chi connectivity index (χ1v) is 7.91. The van der Waals surface area contributed by atoms with Gasteiger partial charge in [0.15, 0.2) is 0 Å². The molecule has 1 aromatic carbocycles. The lowest BCUT2D eigenvalue weighted by atomic mass is 10.1. The Labute approximate surface area is 131 Å². The number of nitrogens with one attached hydrogen (secondary N) is 2. The van der Waals surface area contributed by atoms with Crippen LogP contribution >= 0.6 is 0 Å². The first kappa shape index (κ1) is 14.9. The summed E-state index contributed by atoms with van der Waals surface area (Å²) in [5.74, 6) is 0. The summed E-state index contributed by atoms with van der Waals surface area (Å²) < 4.78 is 1.92. The van der Waals surface area contributed by atoms with Gasteiger partial charge < -0.3 is 10.3 Å². The minimum absolute atomic E-state index is 0.480. The van der Waals surface area contributed by atoms with Crippen molar-refractivity contribution in [3.05, 3.63) is 53.5 Å². The van der Waals surface area contributed by atoms with Crippen LogP contribution < -0.4 is 5.32 Å². The molecular weight excluding hydrogens is 272 g/mol. The van der Waals surface area contributed by atoms with Crippen molar-refractivity contribution in [3.63, 3.8) is 0 Å². The summed E-state index contributed by atoms with van der Waals surface area (Å²) in [5.41, 5.74) is 5.14. The van der Waals surface area contributed by atoms with Crippen molar-refractivity contribution < 1.29 is 0 Å². The molecule has 0 aliphatic carbocycles. The summed E-state index contributed by atoms with van der Waals surface area (Å²) in [6, 6.07) is 8.98. The number of aryl methyl sites for hydroxylation is 2. The van der Waals surface area contributed by atoms with Crippen molar-refractivity contribution in [3.8, 4) is 0 Å². The van der Waals surface area contributed by atoms with E-state index >= 15 is 0 Å². The molecule has 22 heavy (non-hydrogen) atoms. The van der Waals surface area contributed by atoms with Gasteiger partial charge in [-0.3, -0.25) is 4.68 Å². The molecule has 3 rings (SSSR count). The number of hydrogen-bond donors (Lipinski definition) is 2. The second-order valence-electron chi connectivity index (χ2n) is 6.06. The van der Waals surface area contributed by atoms with Gasteiger partial charge in [-0.05, 0) is 38.3 Å². The highest BCUT2D eigenvalue weighted by Crippen LogP contribution is 2.19. The van der Waals surface area contributed by atoms with Crippen molar-refractivity contribution in [2.45, 2.75) is 39.3 Å². The Bertz CT molecular complexity index is 753. The van der Waals surface area contributed by atoms with E-state index in [4.69, 9.17) is 0 Å². The fraction of sp³-hybridized carbons (Fsp3) is 0.389. The van der Waals surface area contributed by atoms with E-state index in [1.165, 1.54) is 27.7 Å². The summed E-state index contributed by atoms with van der Waals surface area (Å²) in [7, 11) is 1.99. The van der Waals surface area contributed by atoms with Gasteiger partial charge in [0.1, 0.15) is 0 Å². The minimum atomic E-state index is 0.480. The molecule has 4 heteroatoms. The standard InChI is InChI=1S/C18H24N4/c1-13(19-11-16-12-21-22(3)14(16)2)8-9-15-10-20-18-7-5-4-6-17(15)18/h4-7,10,12-13,19-20H,8-9,11H2,1-3H3/t13-/m1/s1. The number of hydrogen-bond acceptors (Lipinski definition) is 2. The summed E-state index contributed by atoms with van der Waals surface area (Å²) >= 11 is 0. The van der Waals surface area contributed by atoms with E-state index in [0.717, 1.165) is 19.4 Å². The monoisotopic (exact) mass is 296 g/mol. The summed E-state index contributed by atoms with van der Waals surface area (Å²) in [5, 5.41) is 9.23. The molecule has 1 atom stereocenters. The van der Waals surface area contributed by atoms with Gasteiger partial charge in [0, 0.05) is 48.0 Å². The zero-order valence-electron chi connectivity index (χ0n) is 13.6. The zero-order chi connectivity index (χ0) is 15.5. The Morgan fingerprint density at radius 1 is 1.27 bits per heavy atom. The third-order valence-electron chi connectivity index (χ3n) is 4.50. The highest BCUT2D eigenvalue weighted by Gasteiger charge is 2.08. The summed E-state index contributed by atoms with van der Waals surface area (Å²) in [6.45, 7) is 5.25. The molecule has 0 radical (unpaired) electrons. The Balaban J connectivity index is 1.54. The smallest absolute Gasteiger partial charge is 0.0537 e. The van der Waals surface area contributed by atoms with E-state index in [2.05, 4.69) is 59.7 Å². The number of H-pyrrole nitrogens is 1. The highest BCUT2D eigenvalue weighted by molar-refractivity contribution is 5.82. The quantitative estimate of drug-likeness (QED) is 0.733. The van der Waals surface area contributed by atoms with Crippen LogP contribution in [-0.4, -0.2) is 20.8 Å². The van der Waals surface area contributed by atoms with Crippen LogP contribution in [0.4, 0.5) is 0 Å². The molecule has 0 bridgehead atoms. The number of para-hydroxylation sites is 1. The first-order valence-electron chi connectivity index (χ1n) is 7.91. The van der Waals surface area contributed by atoms with Gasteiger partial charge in [-0.15, -0.1) is 0 Å². The SMILES string of the molecule is Cc1c(CN[C@H](C)CCc2c[nH]c3ccccc23)cnn1C. The molecule has 2 aromatic heterocycles. The maximum atomic E-state index is 4.29. The van der Waals surface area contributed by atoms with E-state index in [-0.39, 0.29) is 0 Å². The zero-order valence-corrected chi connectivity index (χ0v) is 13.6. The summed E-state index contributed by atoms with van der Waals surface area (Å²) in [6.07, 6.45) is 6.31. The Hall–Kier alpha value is -2.07. The molecule has 116 valence electrons. The Kier molecular flexibility index (Phi) is 4.29. The molecule has 2 N–H and O–H groups in total. The van der Waals surface area contributed by atoms with E-state index in [0.29, 0.717) is 6.04 Å². The maximum absolute atomic E-state index is 4.29. The highest BCUT2D eigenvalue weighted by atomic mass is 15.3. The van der Waals surface area contributed by atoms with Crippen LogP contribution in [0.2, 0.25) is 0 Å². The molecule has 0 amide bonds. The maximum Gasteiger partial charge on any atom is 0.0537 e. The van der Waals surface area contributed by atoms with Crippen LogP contribution in [-0.2, 0) is 20.0 Å². The number of benzene rings is 1. The lowest BCUT2D eigenvalue weighted by Crippen LogP contribution is -2.26. The fourth-order valence-corrected chi connectivity index (χ4v) is 2.81. The molecule has 0 unspecified atom stereocenters. The normalized spacial score (nSPS) is 12.9. The van der Waals surface area contributed by atoms with Crippen molar-refractivity contribution in [1.29, 1.82) is 0 Å². The molecule has 0 saturated carbocycles. The van der Waals surface area contributed by atoms with Crippen LogP contribution in [0.5, 0.6) is 0 Å². The molecular formula is C18H24N4. The Morgan fingerprint density at radius 2 is 2.09 bits per heavy atom. The van der Waals surface area contributed by atoms with Gasteiger partial charge in [0.05, 0.1) is 6.20 Å². The van der Waals surface area contributed by atoms with Gasteiger partial charge in [-0.1, -0.05) is 18.2 Å². The van der Waals surface area contributed by atoms with Crippen molar-refractivity contribution in [2.75, 3.05) is 0 Å². The molecule has 0 saturated heterocycles. The van der Waals surface area contributed by atoms with Crippen molar-refractivity contribution >= 4 is 10.9 Å². The second-order valence-corrected chi connectivity index (χ2v) is 6.06. The van der Waals surface area contributed by atoms with Crippen LogP contribution in [0, 0.1) is 6.92 Å². The number of aromatic amines is 1. The fourth-order valence-electron chi connectivity index (χ4n) is 2.81. The number of aromatic nitrogens is 3. The van der Waals surface area contributed by atoms with Crippen LogP contribution in [0.15, 0.2) is 36.7 Å². The van der Waals surface area contributed by atoms with Crippen LogP contribution in [0.25, 0.3) is 10.9 Å². The molecule has 2 heterocycles. The lowest BCUT2D eigenvalue weighted by molar-refractivity contribution is 0.513. The topological polar surface area (TPSA) is 45.6 Å². The minimum Gasteiger partial charge on any atom is -0.361 e. The van der Waals surface area contributed by atoms with Crippen LogP contribution in [0.3, 0.4) is 0 Å². The van der Waals surface area contributed by atoms with Gasteiger partial charge in [-0.25, -0.2) is 0 Å². The lowest BCUT2D eigenvalue weighted by Gasteiger charge is -2.13. The Morgan fingerprint density at radius 3 is 2.86 bits per heavy atom. The van der Waals surface area contributed by atoms with Crippen LogP contribution in [0.1, 0.15) is 30.2 Å². The summed E-state index contributed by atoms with van der Waals surface area (Å²) in [4.78, 5) is 3.35. The van der Waals surface area contributed by atoms with Gasteiger partial charge in [0.25, 0.3) is 0 Å². The molecule has 0 spiro atoms. The molecule has 4 nitrogen and oxygen atoms in total. The van der Waals surface area contributed by atoms with E-state index in [1.54, 1.807) is 0 Å². The number of rotatable bonds is 6. The second kappa shape index (κ2) is 6.36. The van der Waals surface area contributed by atoms with Gasteiger partial charge >= 0.3 is 0 Å². The molecule has 0 aliphatic heterocycles. The molecule has 3 aromatic rings. The third-order valence-corrected chi connectivity index (χ3v) is 4.50. The van der Waals surface area contributed by atoms with Gasteiger partial charge in [0.2, 0.25) is 0 Å². The average Bonchev–Trinajstić information content (AvgIpc) is 3.08. The predicted molar refractivity (Wildman–Crippen MR) is 90.9 cm³/mol. The van der Waals surface area contributed by atoms with E-state index < -0.39 is 0 Å². The predicted octanol–water partition coefficient (Wildman–Crippen LogP) is 3.32. The largest absolute Gasteiger partial charge is 0.361 e. The third kappa shape index (κ3) is 3.07. The van der Waals surface area contributed by atoms with Gasteiger partial charge in [-0.2, -0.15) is 5.10 Å². The number of nitrogens with zero attached hydrogens (tertiary/aromatic N) is 2. The van der Waals surface area contributed by atoms with E-state index in [1.807, 2.05) is 17.9 Å².